The third-order valence-corrected chi connectivity index (χ3v) is 7.13. The third-order valence-electron chi connectivity index (χ3n) is 4.84. The standard InChI is InChI=1S/C21H24ClN5O4S/c1-3-26(4-2)32(30,31)18-9-10-21(29)25(14-18)15-20(28)24-19-11-12-23-27(19)13-16-5-7-17(22)8-6-16/h5-12,14H,3-4,13,15H2,1-2H3,(H,24,28). The van der Waals surface area contributed by atoms with Crippen LogP contribution in [0.3, 0.4) is 0 Å². The fraction of sp³-hybridized carbons (Fsp3) is 0.286. The summed E-state index contributed by atoms with van der Waals surface area (Å²) in [5, 5.41) is 7.55. The van der Waals surface area contributed by atoms with Crippen LogP contribution in [0, 0.1) is 0 Å². The normalized spacial score (nSPS) is 11.6. The molecule has 0 saturated carbocycles. The Morgan fingerprint density at radius 2 is 1.78 bits per heavy atom. The molecule has 1 aromatic carbocycles. The minimum absolute atomic E-state index is 0.0404. The predicted molar refractivity (Wildman–Crippen MR) is 122 cm³/mol. The van der Waals surface area contributed by atoms with Gasteiger partial charge in [-0.3, -0.25) is 9.59 Å². The lowest BCUT2D eigenvalue weighted by molar-refractivity contribution is -0.116. The zero-order valence-corrected chi connectivity index (χ0v) is 19.3. The second kappa shape index (κ2) is 10.1. The monoisotopic (exact) mass is 477 g/mol. The molecule has 0 atom stereocenters. The molecule has 0 saturated heterocycles. The maximum atomic E-state index is 12.7. The SMILES string of the molecule is CCN(CC)S(=O)(=O)c1ccc(=O)n(CC(=O)Nc2ccnn2Cc2ccc(Cl)cc2)c1. The van der Waals surface area contributed by atoms with Crippen molar-refractivity contribution in [3.63, 3.8) is 0 Å². The van der Waals surface area contributed by atoms with Crippen LogP contribution in [0.25, 0.3) is 0 Å². The number of nitrogens with one attached hydrogen (secondary N) is 1. The molecule has 32 heavy (non-hydrogen) atoms. The summed E-state index contributed by atoms with van der Waals surface area (Å²) in [6.45, 7) is 4.14. The number of hydrogen-bond donors (Lipinski definition) is 1. The number of amides is 1. The molecule has 3 aromatic rings. The Morgan fingerprint density at radius 3 is 2.44 bits per heavy atom. The Hall–Kier alpha value is -2.95. The van der Waals surface area contributed by atoms with E-state index >= 15 is 0 Å². The van der Waals surface area contributed by atoms with Gasteiger partial charge in [-0.2, -0.15) is 9.40 Å². The first kappa shape index (κ1) is 23.7. The highest BCUT2D eigenvalue weighted by Crippen LogP contribution is 2.15. The zero-order valence-electron chi connectivity index (χ0n) is 17.7. The van der Waals surface area contributed by atoms with Crippen LogP contribution in [-0.4, -0.2) is 46.1 Å². The summed E-state index contributed by atoms with van der Waals surface area (Å²) in [4.78, 5) is 24.8. The number of nitrogens with zero attached hydrogens (tertiary/aromatic N) is 4. The van der Waals surface area contributed by atoms with Gasteiger partial charge in [0.1, 0.15) is 12.4 Å². The van der Waals surface area contributed by atoms with Gasteiger partial charge in [-0.05, 0) is 23.8 Å². The number of pyridine rings is 1. The minimum atomic E-state index is -3.75. The van der Waals surface area contributed by atoms with Crippen LogP contribution in [-0.2, 0) is 27.9 Å². The molecular weight excluding hydrogens is 454 g/mol. The number of hydrogen-bond acceptors (Lipinski definition) is 5. The fourth-order valence-corrected chi connectivity index (χ4v) is 4.77. The molecule has 0 radical (unpaired) electrons. The Bertz CT molecular complexity index is 1250. The summed E-state index contributed by atoms with van der Waals surface area (Å²) in [7, 11) is -3.75. The first-order valence-corrected chi connectivity index (χ1v) is 11.8. The van der Waals surface area contributed by atoms with Gasteiger partial charge in [-0.15, -0.1) is 0 Å². The number of sulfonamides is 1. The van der Waals surface area contributed by atoms with Crippen LogP contribution < -0.4 is 10.9 Å². The maximum absolute atomic E-state index is 12.7. The van der Waals surface area contributed by atoms with Crippen molar-refractivity contribution in [2.75, 3.05) is 18.4 Å². The Kier molecular flexibility index (Phi) is 7.49. The third kappa shape index (κ3) is 5.45. The summed E-state index contributed by atoms with van der Waals surface area (Å²) in [5.74, 6) is -0.0349. The van der Waals surface area contributed by atoms with Gasteiger partial charge in [-0.25, -0.2) is 13.1 Å². The van der Waals surface area contributed by atoms with Crippen LogP contribution in [0.1, 0.15) is 19.4 Å². The van der Waals surface area contributed by atoms with Gasteiger partial charge in [-0.1, -0.05) is 37.6 Å². The molecule has 1 N–H and O–H groups in total. The van der Waals surface area contributed by atoms with Crippen molar-refractivity contribution in [3.05, 3.63) is 75.8 Å². The number of aromatic nitrogens is 3. The Morgan fingerprint density at radius 1 is 1.09 bits per heavy atom. The van der Waals surface area contributed by atoms with Gasteiger partial charge in [0, 0.05) is 36.4 Å². The molecule has 11 heteroatoms. The first-order chi connectivity index (χ1) is 15.2. The van der Waals surface area contributed by atoms with E-state index in [2.05, 4.69) is 10.4 Å². The van der Waals surface area contributed by atoms with Crippen LogP contribution in [0.15, 0.2) is 64.5 Å². The quantitative estimate of drug-likeness (QED) is 0.509. The molecule has 0 aliphatic heterocycles. The van der Waals surface area contributed by atoms with E-state index < -0.39 is 21.5 Å². The second-order valence-electron chi connectivity index (χ2n) is 6.97. The van der Waals surface area contributed by atoms with Gasteiger partial charge < -0.3 is 9.88 Å². The highest BCUT2D eigenvalue weighted by molar-refractivity contribution is 7.89. The van der Waals surface area contributed by atoms with E-state index in [1.165, 1.54) is 16.6 Å². The summed E-state index contributed by atoms with van der Waals surface area (Å²) in [5.41, 5.74) is 0.465. The van der Waals surface area contributed by atoms with Crippen molar-refractivity contribution >= 4 is 33.3 Å². The molecule has 2 aromatic heterocycles. The number of carbonyl (C=O) groups excluding carboxylic acids is 1. The van der Waals surface area contributed by atoms with E-state index in [0.29, 0.717) is 30.5 Å². The molecule has 170 valence electrons. The number of benzene rings is 1. The van der Waals surface area contributed by atoms with Gasteiger partial charge in [0.05, 0.1) is 17.6 Å². The van der Waals surface area contributed by atoms with Crippen molar-refractivity contribution in [2.24, 2.45) is 0 Å². The van der Waals surface area contributed by atoms with Crippen LogP contribution >= 0.6 is 11.6 Å². The predicted octanol–water partition coefficient (Wildman–Crippen LogP) is 2.42. The van der Waals surface area contributed by atoms with E-state index in [9.17, 15) is 18.0 Å². The largest absolute Gasteiger partial charge is 0.309 e. The number of rotatable bonds is 9. The van der Waals surface area contributed by atoms with Gasteiger partial charge in [0.15, 0.2) is 0 Å². The van der Waals surface area contributed by atoms with Crippen molar-refractivity contribution in [3.8, 4) is 0 Å². The van der Waals surface area contributed by atoms with Crippen molar-refractivity contribution in [1.29, 1.82) is 0 Å². The highest BCUT2D eigenvalue weighted by atomic mass is 35.5. The molecule has 0 spiro atoms. The molecule has 0 aliphatic rings. The van der Waals surface area contributed by atoms with E-state index in [0.717, 1.165) is 16.2 Å². The Labute approximate surface area is 191 Å². The molecule has 0 bridgehead atoms. The lowest BCUT2D eigenvalue weighted by Crippen LogP contribution is -2.33. The lowest BCUT2D eigenvalue weighted by Gasteiger charge is -2.19. The molecule has 3 rings (SSSR count). The number of anilines is 1. The summed E-state index contributed by atoms with van der Waals surface area (Å²) >= 11 is 5.91. The van der Waals surface area contributed by atoms with Crippen molar-refractivity contribution in [1.82, 2.24) is 18.7 Å². The topological polar surface area (TPSA) is 106 Å². The van der Waals surface area contributed by atoms with Crippen LogP contribution in [0.5, 0.6) is 0 Å². The molecule has 9 nitrogen and oxygen atoms in total. The Balaban J connectivity index is 1.76. The minimum Gasteiger partial charge on any atom is -0.309 e. The molecule has 2 heterocycles. The van der Waals surface area contributed by atoms with Gasteiger partial charge in [0.2, 0.25) is 15.9 Å². The van der Waals surface area contributed by atoms with E-state index in [-0.39, 0.29) is 11.4 Å². The van der Waals surface area contributed by atoms with Crippen molar-refractivity contribution < 1.29 is 13.2 Å². The summed E-state index contributed by atoms with van der Waals surface area (Å²) in [6, 6.07) is 11.3. The van der Waals surface area contributed by atoms with E-state index in [1.54, 1.807) is 42.9 Å². The first-order valence-electron chi connectivity index (χ1n) is 10.0. The average Bonchev–Trinajstić information content (AvgIpc) is 3.18. The second-order valence-corrected chi connectivity index (χ2v) is 9.34. The smallest absolute Gasteiger partial charge is 0.251 e. The molecule has 1 amide bonds. The maximum Gasteiger partial charge on any atom is 0.251 e. The molecule has 0 fully saturated rings. The summed E-state index contributed by atoms with van der Waals surface area (Å²) in [6.07, 6.45) is 2.75. The summed E-state index contributed by atoms with van der Waals surface area (Å²) < 4.78 is 29.4. The van der Waals surface area contributed by atoms with Crippen molar-refractivity contribution in [2.45, 2.75) is 31.8 Å². The molecule has 0 aliphatic carbocycles. The van der Waals surface area contributed by atoms with E-state index in [1.807, 2.05) is 12.1 Å². The van der Waals surface area contributed by atoms with Crippen LogP contribution in [0.4, 0.5) is 5.82 Å². The fourth-order valence-electron chi connectivity index (χ4n) is 3.16. The van der Waals surface area contributed by atoms with Gasteiger partial charge in [0.25, 0.3) is 5.56 Å². The van der Waals surface area contributed by atoms with E-state index in [4.69, 9.17) is 11.6 Å². The molecule has 0 unspecified atom stereocenters. The molecular formula is C21H24ClN5O4S. The van der Waals surface area contributed by atoms with Crippen LogP contribution in [0.2, 0.25) is 5.02 Å². The number of halogens is 1. The van der Waals surface area contributed by atoms with Gasteiger partial charge >= 0.3 is 0 Å². The zero-order chi connectivity index (χ0) is 23.3. The lowest BCUT2D eigenvalue weighted by atomic mass is 10.2. The number of carbonyl (C=O) groups is 1. The highest BCUT2D eigenvalue weighted by Gasteiger charge is 2.22. The average molecular weight is 478 g/mol.